The summed E-state index contributed by atoms with van der Waals surface area (Å²) in [5.74, 6) is 1.62. The average molecular weight is 317 g/mol. The maximum atomic E-state index is 5.66. The number of morpholine rings is 1. The Morgan fingerprint density at radius 3 is 2.71 bits per heavy atom. The monoisotopic (exact) mass is 316 g/mol. The Hall–Kier alpha value is 0.170. The molecule has 2 saturated carbocycles. The molecule has 2 N–H and O–H groups in total. The third-order valence-electron chi connectivity index (χ3n) is 5.57. The van der Waals surface area contributed by atoms with Gasteiger partial charge in [0, 0.05) is 25.2 Å². The molecule has 0 radical (unpaired) electrons. The summed E-state index contributed by atoms with van der Waals surface area (Å²) in [5, 5.41) is 7.61. The average Bonchev–Trinajstić information content (AvgIpc) is 3.03. The summed E-state index contributed by atoms with van der Waals surface area (Å²) in [6, 6.07) is 1.31. The van der Waals surface area contributed by atoms with E-state index in [4.69, 9.17) is 4.74 Å². The van der Waals surface area contributed by atoms with Crippen molar-refractivity contribution in [2.75, 3.05) is 26.3 Å². The fourth-order valence-corrected chi connectivity index (χ4v) is 4.43. The Bertz CT molecular complexity index is 314. The number of nitrogens with one attached hydrogen (secondary N) is 2. The van der Waals surface area contributed by atoms with E-state index in [1.54, 1.807) is 0 Å². The second-order valence-electron chi connectivity index (χ2n) is 7.82. The van der Waals surface area contributed by atoms with Crippen LogP contribution >= 0.6 is 12.4 Å². The zero-order valence-corrected chi connectivity index (χ0v) is 14.5. The maximum absolute atomic E-state index is 5.66. The third-order valence-corrected chi connectivity index (χ3v) is 5.57. The van der Waals surface area contributed by atoms with Crippen LogP contribution in [-0.2, 0) is 4.74 Å². The predicted molar refractivity (Wildman–Crippen MR) is 90.1 cm³/mol. The van der Waals surface area contributed by atoms with Gasteiger partial charge in [0.05, 0.1) is 13.2 Å². The SMILES string of the molecule is CC(C)CC1(CNC2CCCC2C2COCCN2)CC1.Cl. The summed E-state index contributed by atoms with van der Waals surface area (Å²) in [5.41, 5.74) is 0.651. The summed E-state index contributed by atoms with van der Waals surface area (Å²) in [6.45, 7) is 8.81. The lowest BCUT2D eigenvalue weighted by atomic mass is 9.91. The van der Waals surface area contributed by atoms with E-state index in [0.717, 1.165) is 37.6 Å². The third kappa shape index (κ3) is 4.57. The van der Waals surface area contributed by atoms with E-state index in [1.807, 2.05) is 0 Å². The van der Waals surface area contributed by atoms with Crippen molar-refractivity contribution in [1.29, 1.82) is 0 Å². The minimum absolute atomic E-state index is 0. The van der Waals surface area contributed by atoms with Gasteiger partial charge in [-0.3, -0.25) is 0 Å². The van der Waals surface area contributed by atoms with Crippen LogP contribution in [-0.4, -0.2) is 38.4 Å². The zero-order chi connectivity index (χ0) is 14.0. The lowest BCUT2D eigenvalue weighted by molar-refractivity contribution is 0.0521. The van der Waals surface area contributed by atoms with Crippen LogP contribution in [0, 0.1) is 17.3 Å². The first-order valence-corrected chi connectivity index (χ1v) is 8.73. The number of hydrogen-bond donors (Lipinski definition) is 2. The largest absolute Gasteiger partial charge is 0.379 e. The Labute approximate surface area is 136 Å². The van der Waals surface area contributed by atoms with Gasteiger partial charge in [-0.05, 0) is 49.4 Å². The smallest absolute Gasteiger partial charge is 0.0623 e. The number of halogens is 1. The van der Waals surface area contributed by atoms with Gasteiger partial charge in [-0.15, -0.1) is 12.4 Å². The molecule has 1 aliphatic heterocycles. The first-order valence-electron chi connectivity index (χ1n) is 8.73. The minimum Gasteiger partial charge on any atom is -0.379 e. The highest BCUT2D eigenvalue weighted by Gasteiger charge is 2.44. The second-order valence-corrected chi connectivity index (χ2v) is 7.82. The molecule has 0 bridgehead atoms. The first-order chi connectivity index (χ1) is 9.69. The van der Waals surface area contributed by atoms with Gasteiger partial charge in [0.1, 0.15) is 0 Å². The van der Waals surface area contributed by atoms with Crippen molar-refractivity contribution in [3.05, 3.63) is 0 Å². The summed E-state index contributed by atoms with van der Waals surface area (Å²) in [7, 11) is 0. The topological polar surface area (TPSA) is 33.3 Å². The highest BCUT2D eigenvalue weighted by atomic mass is 35.5. The van der Waals surface area contributed by atoms with Crippen molar-refractivity contribution in [2.24, 2.45) is 17.3 Å². The summed E-state index contributed by atoms with van der Waals surface area (Å²) in [6.07, 6.45) is 8.41. The molecule has 0 amide bonds. The lowest BCUT2D eigenvalue weighted by Gasteiger charge is -2.34. The van der Waals surface area contributed by atoms with Crippen LogP contribution in [0.4, 0.5) is 0 Å². The molecule has 1 saturated heterocycles. The highest BCUT2D eigenvalue weighted by Crippen LogP contribution is 2.50. The molecular formula is C17H33ClN2O. The number of hydrogen-bond acceptors (Lipinski definition) is 3. The van der Waals surface area contributed by atoms with E-state index in [-0.39, 0.29) is 12.4 Å². The fraction of sp³-hybridized carbons (Fsp3) is 1.00. The molecule has 124 valence electrons. The van der Waals surface area contributed by atoms with Gasteiger partial charge in [0.25, 0.3) is 0 Å². The van der Waals surface area contributed by atoms with Crippen molar-refractivity contribution in [1.82, 2.24) is 10.6 Å². The molecule has 3 rings (SSSR count). The van der Waals surface area contributed by atoms with Crippen molar-refractivity contribution < 1.29 is 4.74 Å². The van der Waals surface area contributed by atoms with Crippen molar-refractivity contribution in [3.8, 4) is 0 Å². The van der Waals surface area contributed by atoms with E-state index in [1.165, 1.54) is 45.1 Å². The van der Waals surface area contributed by atoms with Crippen LogP contribution in [0.1, 0.15) is 52.4 Å². The quantitative estimate of drug-likeness (QED) is 0.790. The molecule has 1 heterocycles. The maximum Gasteiger partial charge on any atom is 0.0623 e. The standard InChI is InChI=1S/C17H32N2O.ClH/c1-13(2)10-17(6-7-17)12-19-15-5-3-4-14(15)16-11-20-9-8-18-16;/h13-16,18-19H,3-12H2,1-2H3;1H. The van der Waals surface area contributed by atoms with Crippen LogP contribution < -0.4 is 10.6 Å². The predicted octanol–water partition coefficient (Wildman–Crippen LogP) is 2.98. The van der Waals surface area contributed by atoms with Crippen molar-refractivity contribution in [2.45, 2.75) is 64.5 Å². The zero-order valence-electron chi connectivity index (χ0n) is 13.7. The Morgan fingerprint density at radius 2 is 2.10 bits per heavy atom. The lowest BCUT2D eigenvalue weighted by Crippen LogP contribution is -2.51. The first kappa shape index (κ1) is 17.5. The summed E-state index contributed by atoms with van der Waals surface area (Å²) >= 11 is 0. The molecule has 0 aromatic rings. The molecule has 3 unspecified atom stereocenters. The van der Waals surface area contributed by atoms with E-state index < -0.39 is 0 Å². The molecule has 0 spiro atoms. The molecule has 0 aromatic heterocycles. The summed E-state index contributed by atoms with van der Waals surface area (Å²) in [4.78, 5) is 0. The Balaban J connectivity index is 0.00000161. The van der Waals surface area contributed by atoms with Gasteiger partial charge in [0.2, 0.25) is 0 Å². The molecule has 0 aromatic carbocycles. The molecule has 3 atom stereocenters. The molecule has 2 aliphatic carbocycles. The Morgan fingerprint density at radius 1 is 1.29 bits per heavy atom. The second kappa shape index (κ2) is 7.63. The van der Waals surface area contributed by atoms with E-state index in [2.05, 4.69) is 24.5 Å². The van der Waals surface area contributed by atoms with Crippen LogP contribution in [0.15, 0.2) is 0 Å². The van der Waals surface area contributed by atoms with Gasteiger partial charge in [0.15, 0.2) is 0 Å². The van der Waals surface area contributed by atoms with E-state index in [9.17, 15) is 0 Å². The molecular weight excluding hydrogens is 284 g/mol. The van der Waals surface area contributed by atoms with Crippen LogP contribution in [0.3, 0.4) is 0 Å². The Kier molecular flexibility index (Phi) is 6.37. The highest BCUT2D eigenvalue weighted by molar-refractivity contribution is 5.85. The molecule has 3 aliphatic rings. The van der Waals surface area contributed by atoms with Crippen molar-refractivity contribution in [3.63, 3.8) is 0 Å². The number of ether oxygens (including phenoxy) is 1. The summed E-state index contributed by atoms with van der Waals surface area (Å²) < 4.78 is 5.66. The van der Waals surface area contributed by atoms with Gasteiger partial charge in [-0.1, -0.05) is 20.3 Å². The van der Waals surface area contributed by atoms with Gasteiger partial charge in [-0.2, -0.15) is 0 Å². The molecule has 3 fully saturated rings. The molecule has 3 nitrogen and oxygen atoms in total. The molecule has 21 heavy (non-hydrogen) atoms. The van der Waals surface area contributed by atoms with Gasteiger partial charge in [-0.25, -0.2) is 0 Å². The minimum atomic E-state index is 0. The van der Waals surface area contributed by atoms with Gasteiger partial charge < -0.3 is 15.4 Å². The van der Waals surface area contributed by atoms with Crippen LogP contribution in [0.5, 0.6) is 0 Å². The normalized spacial score (nSPS) is 34.7. The van der Waals surface area contributed by atoms with E-state index in [0.29, 0.717) is 11.5 Å². The van der Waals surface area contributed by atoms with Crippen molar-refractivity contribution >= 4 is 12.4 Å². The van der Waals surface area contributed by atoms with Gasteiger partial charge >= 0.3 is 0 Å². The van der Waals surface area contributed by atoms with E-state index >= 15 is 0 Å². The molecule has 4 heteroatoms. The fourth-order valence-electron chi connectivity index (χ4n) is 4.43. The van der Waals surface area contributed by atoms with Crippen LogP contribution in [0.2, 0.25) is 0 Å². The number of rotatable bonds is 6. The van der Waals surface area contributed by atoms with Crippen LogP contribution in [0.25, 0.3) is 0 Å².